The number of fused-ring (bicyclic) bond motifs is 2. The molecule has 0 bridgehead atoms. The fraction of sp³-hybridized carbons (Fsp3) is 0.0870. The Balaban J connectivity index is 1.53. The quantitative estimate of drug-likeness (QED) is 0.642. The van der Waals surface area contributed by atoms with Crippen LogP contribution in [-0.2, 0) is 22.7 Å². The van der Waals surface area contributed by atoms with Gasteiger partial charge in [-0.1, -0.05) is 35.9 Å². The van der Waals surface area contributed by atoms with Gasteiger partial charge in [-0.25, -0.2) is 0 Å². The number of benzene rings is 2. The number of carbonyl (C=O) groups excluding carboxylic acids is 2. The summed E-state index contributed by atoms with van der Waals surface area (Å²) in [5.74, 6) is 0.456. The van der Waals surface area contributed by atoms with Crippen LogP contribution in [-0.4, -0.2) is 16.8 Å². The van der Waals surface area contributed by atoms with E-state index in [0.29, 0.717) is 28.8 Å². The second-order valence-corrected chi connectivity index (χ2v) is 7.05. The van der Waals surface area contributed by atoms with Crippen molar-refractivity contribution in [3.8, 4) is 11.5 Å². The molecular formula is C23H18ClN3O3. The Bertz CT molecular complexity index is 1120. The fourth-order valence-electron chi connectivity index (χ4n) is 3.07. The molecule has 0 saturated heterocycles. The van der Waals surface area contributed by atoms with Crippen LogP contribution < -0.4 is 15.0 Å². The first-order chi connectivity index (χ1) is 14.6. The maximum Gasteiger partial charge on any atom is 0.251 e. The zero-order chi connectivity index (χ0) is 20.9. The van der Waals surface area contributed by atoms with Gasteiger partial charge in [-0.2, -0.15) is 0 Å². The van der Waals surface area contributed by atoms with Gasteiger partial charge < -0.3 is 15.0 Å². The fourth-order valence-corrected chi connectivity index (χ4v) is 3.23. The van der Waals surface area contributed by atoms with E-state index >= 15 is 0 Å². The van der Waals surface area contributed by atoms with Crippen LogP contribution in [0.5, 0.6) is 11.5 Å². The molecule has 0 fully saturated rings. The van der Waals surface area contributed by atoms with Gasteiger partial charge in [0.05, 0.1) is 24.5 Å². The Labute approximate surface area is 178 Å². The molecule has 0 radical (unpaired) electrons. The van der Waals surface area contributed by atoms with Crippen molar-refractivity contribution in [3.63, 3.8) is 0 Å². The first-order valence-corrected chi connectivity index (χ1v) is 9.70. The summed E-state index contributed by atoms with van der Waals surface area (Å²) in [6, 6.07) is 18.1. The molecule has 1 aliphatic heterocycles. The standard InChI is InChI=1S/C23H18ClN3O3/c24-17-8-9-21-19(13-17)27(15-16-5-1-2-7-20(16)30-21)23(29)11-10-22(28)26-14-18-6-3-4-12-25-18/h1-13H,14-15H2,(H,26,28)/b11-10-. The number of nitrogens with one attached hydrogen (secondary N) is 1. The minimum absolute atomic E-state index is 0.279. The topological polar surface area (TPSA) is 71.5 Å². The molecule has 7 heteroatoms. The smallest absolute Gasteiger partial charge is 0.251 e. The lowest BCUT2D eigenvalue weighted by Crippen LogP contribution is -2.29. The Morgan fingerprint density at radius 3 is 2.73 bits per heavy atom. The van der Waals surface area contributed by atoms with E-state index < -0.39 is 0 Å². The molecule has 2 heterocycles. The third-order valence-electron chi connectivity index (χ3n) is 4.55. The van der Waals surface area contributed by atoms with Crippen LogP contribution in [0.3, 0.4) is 0 Å². The van der Waals surface area contributed by atoms with Crippen LogP contribution in [0, 0.1) is 0 Å². The summed E-state index contributed by atoms with van der Waals surface area (Å²) < 4.78 is 5.99. The zero-order valence-corrected chi connectivity index (χ0v) is 16.7. The number of para-hydroxylation sites is 1. The summed E-state index contributed by atoms with van der Waals surface area (Å²) in [6.07, 6.45) is 4.11. The van der Waals surface area contributed by atoms with Gasteiger partial charge in [0.1, 0.15) is 5.75 Å². The van der Waals surface area contributed by atoms with E-state index in [2.05, 4.69) is 10.3 Å². The number of amides is 2. The Kier molecular flexibility index (Phi) is 5.77. The van der Waals surface area contributed by atoms with Gasteiger partial charge in [-0.3, -0.25) is 14.6 Å². The number of carbonyl (C=O) groups is 2. The predicted octanol–water partition coefficient (Wildman–Crippen LogP) is 4.25. The van der Waals surface area contributed by atoms with Crippen molar-refractivity contribution in [1.82, 2.24) is 10.3 Å². The Morgan fingerprint density at radius 1 is 1.07 bits per heavy atom. The first kappa shape index (κ1) is 19.7. The van der Waals surface area contributed by atoms with Crippen LogP contribution in [0.1, 0.15) is 11.3 Å². The number of hydrogen-bond acceptors (Lipinski definition) is 4. The maximum atomic E-state index is 13.0. The van der Waals surface area contributed by atoms with Crippen molar-refractivity contribution in [2.75, 3.05) is 4.90 Å². The zero-order valence-electron chi connectivity index (χ0n) is 15.9. The van der Waals surface area contributed by atoms with Gasteiger partial charge >= 0.3 is 0 Å². The number of nitrogens with zero attached hydrogens (tertiary/aromatic N) is 2. The maximum absolute atomic E-state index is 13.0. The van der Waals surface area contributed by atoms with E-state index in [-0.39, 0.29) is 18.4 Å². The van der Waals surface area contributed by atoms with Gasteiger partial charge in [0.15, 0.2) is 5.75 Å². The van der Waals surface area contributed by atoms with Crippen molar-refractivity contribution in [2.45, 2.75) is 13.1 Å². The largest absolute Gasteiger partial charge is 0.455 e. The minimum atomic E-state index is -0.383. The third-order valence-corrected chi connectivity index (χ3v) is 4.78. The molecule has 1 aliphatic rings. The monoisotopic (exact) mass is 419 g/mol. The van der Waals surface area contributed by atoms with Gasteiger partial charge in [0.2, 0.25) is 5.91 Å². The highest BCUT2D eigenvalue weighted by molar-refractivity contribution is 6.31. The number of rotatable bonds is 4. The van der Waals surface area contributed by atoms with Crippen LogP contribution >= 0.6 is 11.6 Å². The van der Waals surface area contributed by atoms with Crippen molar-refractivity contribution in [3.05, 3.63) is 95.3 Å². The molecule has 1 N–H and O–H groups in total. The SMILES string of the molecule is O=C(/C=C\C(=O)N1Cc2ccccc2Oc2ccc(Cl)cc21)NCc1ccccn1. The molecule has 0 aliphatic carbocycles. The van der Waals surface area contributed by atoms with E-state index in [1.54, 1.807) is 30.5 Å². The van der Waals surface area contributed by atoms with Gasteiger partial charge in [0.25, 0.3) is 5.91 Å². The van der Waals surface area contributed by atoms with Gasteiger partial charge in [0, 0.05) is 28.9 Å². The average molecular weight is 420 g/mol. The van der Waals surface area contributed by atoms with Crippen molar-refractivity contribution < 1.29 is 14.3 Å². The molecule has 2 amide bonds. The van der Waals surface area contributed by atoms with E-state index in [1.807, 2.05) is 36.4 Å². The summed E-state index contributed by atoms with van der Waals surface area (Å²) in [4.78, 5) is 30.8. The molecule has 4 rings (SSSR count). The molecule has 1 aromatic heterocycles. The molecule has 150 valence electrons. The Morgan fingerprint density at radius 2 is 1.90 bits per heavy atom. The molecule has 0 atom stereocenters. The van der Waals surface area contributed by atoms with Crippen LogP contribution in [0.25, 0.3) is 0 Å². The molecule has 30 heavy (non-hydrogen) atoms. The number of pyridine rings is 1. The highest BCUT2D eigenvalue weighted by Gasteiger charge is 2.24. The molecule has 0 spiro atoms. The second kappa shape index (κ2) is 8.80. The molecule has 0 unspecified atom stereocenters. The molecule has 3 aromatic rings. The van der Waals surface area contributed by atoms with Gasteiger partial charge in [-0.15, -0.1) is 0 Å². The van der Waals surface area contributed by atoms with Crippen LogP contribution in [0.4, 0.5) is 5.69 Å². The summed E-state index contributed by atoms with van der Waals surface area (Å²) in [5.41, 5.74) is 2.13. The lowest BCUT2D eigenvalue weighted by molar-refractivity contribution is -0.118. The van der Waals surface area contributed by atoms with E-state index in [1.165, 1.54) is 17.1 Å². The molecular weight excluding hydrogens is 402 g/mol. The lowest BCUT2D eigenvalue weighted by Gasteiger charge is -2.20. The van der Waals surface area contributed by atoms with E-state index in [9.17, 15) is 9.59 Å². The highest BCUT2D eigenvalue weighted by atomic mass is 35.5. The number of hydrogen-bond donors (Lipinski definition) is 1. The summed E-state index contributed by atoms with van der Waals surface area (Å²) >= 11 is 6.16. The van der Waals surface area contributed by atoms with Gasteiger partial charge in [-0.05, 0) is 36.4 Å². The normalized spacial score (nSPS) is 12.5. The van der Waals surface area contributed by atoms with Crippen LogP contribution in [0.2, 0.25) is 5.02 Å². The number of halogens is 1. The summed E-state index contributed by atoms with van der Waals surface area (Å²) in [6.45, 7) is 0.573. The van der Waals surface area contributed by atoms with Crippen molar-refractivity contribution in [1.29, 1.82) is 0 Å². The number of ether oxygens (including phenoxy) is 1. The second-order valence-electron chi connectivity index (χ2n) is 6.62. The van der Waals surface area contributed by atoms with Crippen molar-refractivity contribution >= 4 is 29.1 Å². The molecule has 6 nitrogen and oxygen atoms in total. The average Bonchev–Trinajstić information content (AvgIpc) is 2.93. The highest BCUT2D eigenvalue weighted by Crippen LogP contribution is 2.40. The predicted molar refractivity (Wildman–Crippen MR) is 114 cm³/mol. The molecule has 0 saturated carbocycles. The number of anilines is 1. The number of aromatic nitrogens is 1. The summed E-state index contributed by atoms with van der Waals surface area (Å²) in [7, 11) is 0. The minimum Gasteiger partial charge on any atom is -0.455 e. The van der Waals surface area contributed by atoms with Crippen molar-refractivity contribution in [2.24, 2.45) is 0 Å². The summed E-state index contributed by atoms with van der Waals surface area (Å²) in [5, 5.41) is 3.19. The molecule has 2 aromatic carbocycles. The van der Waals surface area contributed by atoms with E-state index in [4.69, 9.17) is 16.3 Å². The Hall–Kier alpha value is -3.64. The van der Waals surface area contributed by atoms with Crippen LogP contribution in [0.15, 0.2) is 79.0 Å². The lowest BCUT2D eigenvalue weighted by atomic mass is 10.2. The third kappa shape index (κ3) is 4.50. The first-order valence-electron chi connectivity index (χ1n) is 9.33. The van der Waals surface area contributed by atoms with E-state index in [0.717, 1.165) is 11.3 Å².